The molecule has 2 aromatic heterocycles. The number of hydrogen-bond donors (Lipinski definition) is 0. The molecule has 0 aliphatic heterocycles. The molecule has 0 N–H and O–H groups in total. The van der Waals surface area contributed by atoms with Crippen molar-refractivity contribution < 1.29 is 0 Å². The lowest BCUT2D eigenvalue weighted by atomic mass is 9.92. The third-order valence-electron chi connectivity index (χ3n) is 2.86. The zero-order chi connectivity index (χ0) is 12.8. The molecule has 0 spiro atoms. The molecule has 0 amide bonds. The molecule has 0 aromatic carbocycles. The molecule has 2 rings (SSSR count). The first-order chi connectivity index (χ1) is 7.68. The minimum atomic E-state index is 0.0651. The molecule has 0 aliphatic carbocycles. The molecule has 3 heteroatoms. The van der Waals surface area contributed by atoms with Crippen LogP contribution in [0.5, 0.6) is 0 Å². The zero-order valence-electron chi connectivity index (χ0n) is 11.6. The summed E-state index contributed by atoms with van der Waals surface area (Å²) in [5.74, 6) is 0. The lowest BCUT2D eigenvalue weighted by molar-refractivity contribution is 0.559. The van der Waals surface area contributed by atoms with Crippen LogP contribution in [-0.4, -0.2) is 14.6 Å². The second-order valence-corrected chi connectivity index (χ2v) is 6.65. The van der Waals surface area contributed by atoms with E-state index in [1.807, 2.05) is 16.8 Å². The fraction of sp³-hybridized carbons (Fsp3) is 0.571. The van der Waals surface area contributed by atoms with Gasteiger partial charge in [0.2, 0.25) is 0 Å². The van der Waals surface area contributed by atoms with Crippen LogP contribution in [0.3, 0.4) is 0 Å². The molecule has 2 aromatic rings. The summed E-state index contributed by atoms with van der Waals surface area (Å²) in [6.07, 6.45) is 2.00. The Labute approximate surface area is 103 Å². The second-order valence-electron chi connectivity index (χ2n) is 6.65. The third kappa shape index (κ3) is 2.33. The lowest BCUT2D eigenvalue weighted by Gasteiger charge is -2.17. The van der Waals surface area contributed by atoms with Gasteiger partial charge in [-0.15, -0.1) is 0 Å². The standard InChI is InChI=1S/C14H21N3/c1-13(2,3)10-7-8-17-12(15-10)9-11(16-17)14(4,5)6/h7-9H,1-6H3. The van der Waals surface area contributed by atoms with Crippen LogP contribution in [0.15, 0.2) is 18.3 Å². The average molecular weight is 231 g/mol. The maximum Gasteiger partial charge on any atom is 0.155 e. The molecule has 0 atom stereocenters. The maximum atomic E-state index is 4.68. The van der Waals surface area contributed by atoms with E-state index in [4.69, 9.17) is 0 Å². The summed E-state index contributed by atoms with van der Waals surface area (Å²) < 4.78 is 1.86. The van der Waals surface area contributed by atoms with Gasteiger partial charge in [0.05, 0.1) is 5.69 Å². The van der Waals surface area contributed by atoms with Crippen LogP contribution in [0.25, 0.3) is 5.65 Å². The first-order valence-corrected chi connectivity index (χ1v) is 6.05. The summed E-state index contributed by atoms with van der Waals surface area (Å²) in [4.78, 5) is 4.68. The van der Waals surface area contributed by atoms with Gasteiger partial charge in [-0.3, -0.25) is 0 Å². The van der Waals surface area contributed by atoms with Crippen molar-refractivity contribution in [3.05, 3.63) is 29.7 Å². The zero-order valence-corrected chi connectivity index (χ0v) is 11.6. The van der Waals surface area contributed by atoms with E-state index in [1.54, 1.807) is 0 Å². The van der Waals surface area contributed by atoms with Crippen molar-refractivity contribution in [2.24, 2.45) is 0 Å². The van der Waals surface area contributed by atoms with Gasteiger partial charge < -0.3 is 0 Å². The van der Waals surface area contributed by atoms with Gasteiger partial charge in [-0.25, -0.2) is 9.50 Å². The van der Waals surface area contributed by atoms with Crippen LogP contribution in [0.2, 0.25) is 0 Å². The SMILES string of the molecule is CC(C)(C)c1ccn2nc(C(C)(C)C)cc2n1. The second kappa shape index (κ2) is 3.56. The van der Waals surface area contributed by atoms with Gasteiger partial charge in [0, 0.05) is 28.8 Å². The van der Waals surface area contributed by atoms with Gasteiger partial charge in [0.25, 0.3) is 0 Å². The van der Waals surface area contributed by atoms with Crippen LogP contribution in [-0.2, 0) is 10.8 Å². The highest BCUT2D eigenvalue weighted by Gasteiger charge is 2.20. The minimum absolute atomic E-state index is 0.0651. The molecule has 0 aliphatic rings. The van der Waals surface area contributed by atoms with Crippen molar-refractivity contribution in [1.29, 1.82) is 0 Å². The number of nitrogens with zero attached hydrogens (tertiary/aromatic N) is 3. The number of hydrogen-bond acceptors (Lipinski definition) is 2. The topological polar surface area (TPSA) is 30.2 Å². The molecule has 0 unspecified atom stereocenters. The van der Waals surface area contributed by atoms with Gasteiger partial charge in [0.1, 0.15) is 0 Å². The molecule has 0 bridgehead atoms. The molecule has 0 radical (unpaired) electrons. The van der Waals surface area contributed by atoms with Crippen LogP contribution < -0.4 is 0 Å². The Hall–Kier alpha value is -1.38. The highest BCUT2D eigenvalue weighted by molar-refractivity contribution is 5.42. The van der Waals surface area contributed by atoms with Crippen LogP contribution in [0, 0.1) is 0 Å². The fourth-order valence-corrected chi connectivity index (χ4v) is 1.66. The van der Waals surface area contributed by atoms with E-state index >= 15 is 0 Å². The smallest absolute Gasteiger partial charge is 0.155 e. The van der Waals surface area contributed by atoms with E-state index in [2.05, 4.69) is 57.7 Å². The van der Waals surface area contributed by atoms with Crippen LogP contribution in [0.1, 0.15) is 52.9 Å². The summed E-state index contributed by atoms with van der Waals surface area (Å²) in [6.45, 7) is 13.0. The molecule has 92 valence electrons. The highest BCUT2D eigenvalue weighted by atomic mass is 15.2. The van der Waals surface area contributed by atoms with Crippen molar-refractivity contribution in [3.63, 3.8) is 0 Å². The van der Waals surface area contributed by atoms with Gasteiger partial charge in [-0.2, -0.15) is 5.10 Å². The largest absolute Gasteiger partial charge is 0.233 e. The first kappa shape index (κ1) is 12.1. The molecule has 0 saturated carbocycles. The summed E-state index contributed by atoms with van der Waals surface area (Å²) in [5.41, 5.74) is 3.26. The minimum Gasteiger partial charge on any atom is -0.233 e. The van der Waals surface area contributed by atoms with E-state index in [-0.39, 0.29) is 10.8 Å². The van der Waals surface area contributed by atoms with Gasteiger partial charge in [0.15, 0.2) is 5.65 Å². The molecule has 17 heavy (non-hydrogen) atoms. The molecule has 0 saturated heterocycles. The Bertz CT molecular complexity index is 527. The van der Waals surface area contributed by atoms with E-state index in [1.165, 1.54) is 0 Å². The van der Waals surface area contributed by atoms with E-state index < -0.39 is 0 Å². The van der Waals surface area contributed by atoms with E-state index in [9.17, 15) is 0 Å². The van der Waals surface area contributed by atoms with Crippen molar-refractivity contribution in [1.82, 2.24) is 14.6 Å². The Kier molecular flexibility index (Phi) is 2.53. The normalized spacial score (nSPS) is 13.3. The highest BCUT2D eigenvalue weighted by Crippen LogP contribution is 2.24. The number of rotatable bonds is 0. The molecule has 3 nitrogen and oxygen atoms in total. The summed E-state index contributed by atoms with van der Waals surface area (Å²) in [5, 5.41) is 4.56. The summed E-state index contributed by atoms with van der Waals surface area (Å²) >= 11 is 0. The third-order valence-corrected chi connectivity index (χ3v) is 2.86. The Morgan fingerprint density at radius 1 is 0.941 bits per heavy atom. The molecule has 0 fully saturated rings. The number of fused-ring (bicyclic) bond motifs is 1. The lowest BCUT2D eigenvalue weighted by Crippen LogP contribution is -2.14. The fourth-order valence-electron chi connectivity index (χ4n) is 1.66. The molecule has 2 heterocycles. The molecular weight excluding hydrogens is 210 g/mol. The molecular formula is C14H21N3. The Balaban J connectivity index is 2.56. The average Bonchev–Trinajstić information content (AvgIpc) is 2.57. The predicted octanol–water partition coefficient (Wildman–Crippen LogP) is 3.32. The quantitative estimate of drug-likeness (QED) is 0.696. The summed E-state index contributed by atoms with van der Waals surface area (Å²) in [7, 11) is 0. The van der Waals surface area contributed by atoms with E-state index in [0.29, 0.717) is 0 Å². The van der Waals surface area contributed by atoms with Crippen molar-refractivity contribution in [2.75, 3.05) is 0 Å². The van der Waals surface area contributed by atoms with Crippen molar-refractivity contribution in [3.8, 4) is 0 Å². The van der Waals surface area contributed by atoms with Crippen molar-refractivity contribution in [2.45, 2.75) is 52.4 Å². The van der Waals surface area contributed by atoms with Gasteiger partial charge in [-0.1, -0.05) is 41.5 Å². The van der Waals surface area contributed by atoms with Gasteiger partial charge >= 0.3 is 0 Å². The van der Waals surface area contributed by atoms with Crippen LogP contribution in [0.4, 0.5) is 0 Å². The maximum absolute atomic E-state index is 4.68. The number of aromatic nitrogens is 3. The van der Waals surface area contributed by atoms with Crippen LogP contribution >= 0.6 is 0 Å². The Morgan fingerprint density at radius 2 is 1.53 bits per heavy atom. The van der Waals surface area contributed by atoms with E-state index in [0.717, 1.165) is 17.0 Å². The van der Waals surface area contributed by atoms with Crippen molar-refractivity contribution >= 4 is 5.65 Å². The van der Waals surface area contributed by atoms with Gasteiger partial charge in [-0.05, 0) is 6.07 Å². The monoisotopic (exact) mass is 231 g/mol. The Morgan fingerprint density at radius 3 is 2.06 bits per heavy atom. The summed E-state index contributed by atoms with van der Waals surface area (Å²) in [6, 6.07) is 4.13. The first-order valence-electron chi connectivity index (χ1n) is 6.05. The predicted molar refractivity (Wildman–Crippen MR) is 70.4 cm³/mol.